The van der Waals surface area contributed by atoms with Crippen molar-refractivity contribution in [3.63, 3.8) is 0 Å². The van der Waals surface area contributed by atoms with Gasteiger partial charge in [0, 0.05) is 11.2 Å². The van der Waals surface area contributed by atoms with Gasteiger partial charge in [0.05, 0.1) is 0 Å². The predicted octanol–water partition coefficient (Wildman–Crippen LogP) is 2.22. The van der Waals surface area contributed by atoms with Crippen LogP contribution in [0.2, 0.25) is 5.82 Å². The molecule has 1 aliphatic carbocycles. The summed E-state index contributed by atoms with van der Waals surface area (Å²) >= 11 is 0. The molecule has 1 spiro atoms. The van der Waals surface area contributed by atoms with Gasteiger partial charge >= 0.3 is 6.98 Å². The van der Waals surface area contributed by atoms with Gasteiger partial charge in [0.15, 0.2) is 0 Å². The molecule has 14 heavy (non-hydrogen) atoms. The monoisotopic (exact) mass is 214 g/mol. The van der Waals surface area contributed by atoms with Crippen molar-refractivity contribution >= 4 is 6.98 Å². The fraction of sp³-hybridized carbons (Fsp3) is 1.00. The molecular weight excluding hydrogens is 204 g/mol. The molecule has 1 heterocycles. The lowest BCUT2D eigenvalue weighted by Gasteiger charge is -2.25. The summed E-state index contributed by atoms with van der Waals surface area (Å²) in [6.07, 6.45) is -0.127. The fourth-order valence-corrected chi connectivity index (χ4v) is 2.66. The molecule has 82 valence electrons. The third-order valence-corrected chi connectivity index (χ3v) is 3.44. The summed E-state index contributed by atoms with van der Waals surface area (Å²) in [5, 5.41) is 2.80. The Balaban J connectivity index is 2.22. The van der Waals surface area contributed by atoms with Crippen molar-refractivity contribution in [1.82, 2.24) is 5.32 Å². The number of hydrogen-bond acceptors (Lipinski definition) is 1. The summed E-state index contributed by atoms with van der Waals surface area (Å²) in [6.45, 7) is -4.88. The van der Waals surface area contributed by atoms with Crippen molar-refractivity contribution in [2.24, 2.45) is 5.41 Å². The van der Waals surface area contributed by atoms with Crippen molar-refractivity contribution in [2.75, 3.05) is 13.1 Å². The molecule has 0 aromatic heterocycles. The zero-order chi connectivity index (χ0) is 10.6. The Bertz CT molecular complexity index is 245. The standard InChI is InChI=1S/C7H10BF5N/c9-7(10)5(8(11,12)13)6(7)1-3-14-4-2-6/h5,14H,1-4H2/q-1. The van der Waals surface area contributed by atoms with Crippen LogP contribution in [0.4, 0.5) is 21.7 Å². The van der Waals surface area contributed by atoms with Crippen LogP contribution in [0.25, 0.3) is 0 Å². The van der Waals surface area contributed by atoms with Crippen LogP contribution in [0.3, 0.4) is 0 Å². The lowest BCUT2D eigenvalue weighted by atomic mass is 9.75. The maximum Gasteiger partial charge on any atom is 0.488 e. The number of alkyl halides is 2. The molecule has 1 atom stereocenters. The lowest BCUT2D eigenvalue weighted by molar-refractivity contribution is 0.0501. The van der Waals surface area contributed by atoms with Gasteiger partial charge in [-0.1, -0.05) is 0 Å². The predicted molar refractivity (Wildman–Crippen MR) is 42.3 cm³/mol. The van der Waals surface area contributed by atoms with E-state index in [-0.39, 0.29) is 25.9 Å². The van der Waals surface area contributed by atoms with Crippen LogP contribution in [0, 0.1) is 5.41 Å². The first-order chi connectivity index (χ1) is 6.32. The van der Waals surface area contributed by atoms with Gasteiger partial charge in [-0.15, -0.1) is 0 Å². The van der Waals surface area contributed by atoms with Gasteiger partial charge in [-0.3, -0.25) is 0 Å². The van der Waals surface area contributed by atoms with E-state index >= 15 is 0 Å². The topological polar surface area (TPSA) is 12.0 Å². The van der Waals surface area contributed by atoms with Gasteiger partial charge in [-0.2, -0.15) is 0 Å². The van der Waals surface area contributed by atoms with Gasteiger partial charge in [0.1, 0.15) is 0 Å². The molecule has 1 saturated heterocycles. The van der Waals surface area contributed by atoms with E-state index in [1.54, 1.807) is 0 Å². The minimum atomic E-state index is -5.41. The Hall–Kier alpha value is -0.325. The van der Waals surface area contributed by atoms with Crippen LogP contribution in [-0.2, 0) is 0 Å². The number of rotatable bonds is 1. The highest BCUT2D eigenvalue weighted by molar-refractivity contribution is 6.62. The van der Waals surface area contributed by atoms with Gasteiger partial charge < -0.3 is 18.3 Å². The van der Waals surface area contributed by atoms with Crippen LogP contribution < -0.4 is 5.32 Å². The van der Waals surface area contributed by atoms with Gasteiger partial charge in [-0.05, 0) is 25.9 Å². The average molecular weight is 214 g/mol. The van der Waals surface area contributed by atoms with Gasteiger partial charge in [0.2, 0.25) is 5.92 Å². The SMILES string of the molecule is F[B-](F)(F)C1C(F)(F)C12CCNCC2. The van der Waals surface area contributed by atoms with Crippen molar-refractivity contribution < 1.29 is 21.7 Å². The summed E-state index contributed by atoms with van der Waals surface area (Å²) in [7, 11) is 0. The highest BCUT2D eigenvalue weighted by Gasteiger charge is 2.83. The van der Waals surface area contributed by atoms with E-state index in [0.717, 1.165) is 0 Å². The first-order valence-corrected chi connectivity index (χ1v) is 4.61. The Kier molecular flexibility index (Phi) is 1.91. The molecule has 2 aliphatic rings. The van der Waals surface area contributed by atoms with Gasteiger partial charge in [0.25, 0.3) is 0 Å². The maximum absolute atomic E-state index is 13.1. The van der Waals surface area contributed by atoms with E-state index in [1.165, 1.54) is 0 Å². The fourth-order valence-electron chi connectivity index (χ4n) is 2.66. The van der Waals surface area contributed by atoms with Crippen LogP contribution in [0.5, 0.6) is 0 Å². The zero-order valence-electron chi connectivity index (χ0n) is 7.37. The molecule has 0 aromatic carbocycles. The molecule has 1 aliphatic heterocycles. The number of piperidine rings is 1. The molecule has 2 rings (SSSR count). The van der Waals surface area contributed by atoms with Crippen LogP contribution in [0.1, 0.15) is 12.8 Å². The molecule has 2 fully saturated rings. The first kappa shape index (κ1) is 10.2. The van der Waals surface area contributed by atoms with E-state index in [9.17, 15) is 21.7 Å². The number of halogens is 5. The number of nitrogens with one attached hydrogen (secondary N) is 1. The second-order valence-electron chi connectivity index (χ2n) is 4.13. The second-order valence-corrected chi connectivity index (χ2v) is 4.13. The minimum absolute atomic E-state index is 0.0636. The molecule has 0 radical (unpaired) electrons. The van der Waals surface area contributed by atoms with Crippen molar-refractivity contribution in [3.8, 4) is 0 Å². The lowest BCUT2D eigenvalue weighted by Crippen LogP contribution is -2.33. The Labute approximate surface area is 78.1 Å². The van der Waals surface area contributed by atoms with Crippen LogP contribution in [-0.4, -0.2) is 26.0 Å². The smallest absolute Gasteiger partial charge is 0.449 e. The molecule has 1 nitrogen and oxygen atoms in total. The third-order valence-electron chi connectivity index (χ3n) is 3.44. The molecule has 1 unspecified atom stereocenters. The van der Waals surface area contributed by atoms with E-state index < -0.39 is 24.1 Å². The summed E-state index contributed by atoms with van der Waals surface area (Å²) in [5.41, 5.74) is -1.77. The Morgan fingerprint density at radius 2 is 1.57 bits per heavy atom. The van der Waals surface area contributed by atoms with E-state index in [0.29, 0.717) is 0 Å². The van der Waals surface area contributed by atoms with E-state index in [1.807, 2.05) is 0 Å². The highest BCUT2D eigenvalue weighted by atomic mass is 19.4. The number of hydrogen-bond donors (Lipinski definition) is 1. The minimum Gasteiger partial charge on any atom is -0.449 e. The molecule has 0 bridgehead atoms. The second kappa shape index (κ2) is 2.62. The highest BCUT2D eigenvalue weighted by Crippen LogP contribution is 2.78. The Morgan fingerprint density at radius 3 is 1.93 bits per heavy atom. The summed E-state index contributed by atoms with van der Waals surface area (Å²) in [5.74, 6) is -5.87. The largest absolute Gasteiger partial charge is 0.488 e. The third kappa shape index (κ3) is 1.11. The summed E-state index contributed by atoms with van der Waals surface area (Å²) in [4.78, 5) is 0. The van der Waals surface area contributed by atoms with E-state index in [4.69, 9.17) is 0 Å². The summed E-state index contributed by atoms with van der Waals surface area (Å²) in [6, 6.07) is 0. The van der Waals surface area contributed by atoms with Gasteiger partial charge in [-0.25, -0.2) is 8.78 Å². The molecule has 0 aromatic rings. The molecular formula is C7H10BF5N-. The quantitative estimate of drug-likeness (QED) is 0.521. The normalized spacial score (nSPS) is 34.5. The summed E-state index contributed by atoms with van der Waals surface area (Å²) < 4.78 is 63.2. The molecule has 0 amide bonds. The molecule has 1 saturated carbocycles. The average Bonchev–Trinajstić information content (AvgIpc) is 2.47. The first-order valence-electron chi connectivity index (χ1n) is 4.61. The zero-order valence-corrected chi connectivity index (χ0v) is 7.37. The van der Waals surface area contributed by atoms with Crippen molar-refractivity contribution in [3.05, 3.63) is 0 Å². The van der Waals surface area contributed by atoms with E-state index in [2.05, 4.69) is 5.32 Å². The molecule has 1 N–H and O–H groups in total. The van der Waals surface area contributed by atoms with Crippen LogP contribution >= 0.6 is 0 Å². The maximum atomic E-state index is 13.1. The van der Waals surface area contributed by atoms with Crippen molar-refractivity contribution in [1.29, 1.82) is 0 Å². The van der Waals surface area contributed by atoms with Crippen LogP contribution in [0.15, 0.2) is 0 Å². The van der Waals surface area contributed by atoms with Crippen molar-refractivity contribution in [2.45, 2.75) is 24.6 Å². The molecule has 7 heteroatoms. The Morgan fingerprint density at radius 1 is 1.07 bits per heavy atom.